The van der Waals surface area contributed by atoms with E-state index in [1.165, 1.54) is 11.8 Å². The molecule has 0 aliphatic carbocycles. The molecule has 1 heterocycles. The Bertz CT molecular complexity index is 436. The van der Waals surface area contributed by atoms with Crippen LogP contribution in [0.4, 0.5) is 0 Å². The van der Waals surface area contributed by atoms with E-state index in [0.717, 1.165) is 13.0 Å². The zero-order valence-corrected chi connectivity index (χ0v) is 10.9. The van der Waals surface area contributed by atoms with Crippen LogP contribution < -0.4 is 0 Å². The van der Waals surface area contributed by atoms with Gasteiger partial charge in [-0.2, -0.15) is 0 Å². The quantitative estimate of drug-likeness (QED) is 0.917. The van der Waals surface area contributed by atoms with E-state index in [-0.39, 0.29) is 16.7 Å². The number of thioether (sulfide) groups is 1. The fourth-order valence-electron chi connectivity index (χ4n) is 1.84. The van der Waals surface area contributed by atoms with Crippen molar-refractivity contribution < 1.29 is 14.6 Å². The van der Waals surface area contributed by atoms with Crippen LogP contribution in [0.1, 0.15) is 23.7 Å². The number of carboxylic acids is 1. The van der Waals surface area contributed by atoms with Crippen molar-refractivity contribution in [1.29, 1.82) is 0 Å². The first-order chi connectivity index (χ1) is 8.09. The molecule has 17 heavy (non-hydrogen) atoms. The Morgan fingerprint density at radius 1 is 1.59 bits per heavy atom. The molecule has 2 rings (SSSR count). The van der Waals surface area contributed by atoms with E-state index < -0.39 is 5.97 Å². The topological polar surface area (TPSA) is 46.5 Å². The molecule has 0 bridgehead atoms. The molecule has 1 aromatic carbocycles. The van der Waals surface area contributed by atoms with Crippen molar-refractivity contribution in [2.45, 2.75) is 29.6 Å². The van der Waals surface area contributed by atoms with Crippen LogP contribution >= 0.6 is 23.4 Å². The zero-order chi connectivity index (χ0) is 12.4. The van der Waals surface area contributed by atoms with Gasteiger partial charge < -0.3 is 9.84 Å². The summed E-state index contributed by atoms with van der Waals surface area (Å²) in [5.41, 5.74) is 0.193. The molecule has 0 spiro atoms. The molecule has 1 saturated heterocycles. The number of carbonyl (C=O) groups is 1. The Hall–Kier alpha value is -0.710. The number of hydrogen-bond donors (Lipinski definition) is 1. The van der Waals surface area contributed by atoms with Crippen molar-refractivity contribution in [2.24, 2.45) is 0 Å². The molecule has 2 atom stereocenters. The van der Waals surface area contributed by atoms with Crippen LogP contribution in [0.25, 0.3) is 0 Å². The molecule has 92 valence electrons. The summed E-state index contributed by atoms with van der Waals surface area (Å²) in [5, 5.41) is 9.74. The van der Waals surface area contributed by atoms with E-state index in [4.69, 9.17) is 21.4 Å². The van der Waals surface area contributed by atoms with Gasteiger partial charge in [0.25, 0.3) is 0 Å². The van der Waals surface area contributed by atoms with Crippen LogP contribution in [0.2, 0.25) is 5.02 Å². The first-order valence-corrected chi connectivity index (χ1v) is 6.65. The monoisotopic (exact) mass is 272 g/mol. The maximum Gasteiger partial charge on any atom is 0.338 e. The SMILES string of the molecule is CC1OCCC1Sc1cccc(Cl)c1C(=O)O. The largest absolute Gasteiger partial charge is 0.478 e. The standard InChI is InChI=1S/C12H13ClO3S/c1-7-9(5-6-16-7)17-10-4-2-3-8(13)11(10)12(14)15/h2-4,7,9H,5-6H2,1H3,(H,14,15). The van der Waals surface area contributed by atoms with Gasteiger partial charge in [0.1, 0.15) is 0 Å². The number of rotatable bonds is 3. The minimum atomic E-state index is -0.982. The van der Waals surface area contributed by atoms with Crippen molar-refractivity contribution in [3.63, 3.8) is 0 Å². The van der Waals surface area contributed by atoms with Crippen LogP contribution in [0, 0.1) is 0 Å². The van der Waals surface area contributed by atoms with E-state index in [9.17, 15) is 4.79 Å². The molecule has 2 unspecified atom stereocenters. The van der Waals surface area contributed by atoms with Crippen molar-refractivity contribution in [1.82, 2.24) is 0 Å². The van der Waals surface area contributed by atoms with Gasteiger partial charge in [0.2, 0.25) is 0 Å². The van der Waals surface area contributed by atoms with Crippen LogP contribution in [-0.2, 0) is 4.74 Å². The molecule has 0 radical (unpaired) electrons. The molecule has 1 fully saturated rings. The van der Waals surface area contributed by atoms with Crippen LogP contribution in [-0.4, -0.2) is 29.0 Å². The van der Waals surface area contributed by atoms with E-state index in [1.807, 2.05) is 6.92 Å². The molecule has 3 nitrogen and oxygen atoms in total. The molecule has 1 N–H and O–H groups in total. The highest BCUT2D eigenvalue weighted by atomic mass is 35.5. The summed E-state index contributed by atoms with van der Waals surface area (Å²) in [6, 6.07) is 5.17. The minimum absolute atomic E-state index is 0.153. The number of ether oxygens (including phenoxy) is 1. The third kappa shape index (κ3) is 2.76. The number of benzene rings is 1. The number of hydrogen-bond acceptors (Lipinski definition) is 3. The maximum absolute atomic E-state index is 11.2. The van der Waals surface area contributed by atoms with Gasteiger partial charge in [0, 0.05) is 16.8 Å². The highest BCUT2D eigenvalue weighted by Gasteiger charge is 2.27. The van der Waals surface area contributed by atoms with E-state index >= 15 is 0 Å². The Labute approximate surface area is 109 Å². The lowest BCUT2D eigenvalue weighted by molar-refractivity contribution is 0.0693. The summed E-state index contributed by atoms with van der Waals surface area (Å²) in [7, 11) is 0. The number of aromatic carboxylic acids is 1. The van der Waals surface area contributed by atoms with Crippen LogP contribution in [0.3, 0.4) is 0 Å². The third-order valence-electron chi connectivity index (χ3n) is 2.77. The molecule has 0 aromatic heterocycles. The van der Waals surface area contributed by atoms with Gasteiger partial charge in [0.05, 0.1) is 16.7 Å². The summed E-state index contributed by atoms with van der Waals surface area (Å²) in [4.78, 5) is 11.9. The fourth-order valence-corrected chi connectivity index (χ4v) is 3.43. The van der Waals surface area contributed by atoms with Gasteiger partial charge in [-0.15, -0.1) is 11.8 Å². The van der Waals surface area contributed by atoms with Gasteiger partial charge in [-0.1, -0.05) is 17.7 Å². The molecular formula is C12H13ClO3S. The molecule has 1 aliphatic heterocycles. The van der Waals surface area contributed by atoms with E-state index in [0.29, 0.717) is 10.1 Å². The maximum atomic E-state index is 11.2. The second-order valence-corrected chi connectivity index (χ2v) is 5.63. The molecule has 1 aliphatic rings. The summed E-state index contributed by atoms with van der Waals surface area (Å²) in [6.45, 7) is 2.75. The second-order valence-electron chi connectivity index (χ2n) is 3.94. The van der Waals surface area contributed by atoms with Crippen molar-refractivity contribution >= 4 is 29.3 Å². The van der Waals surface area contributed by atoms with Crippen LogP contribution in [0.15, 0.2) is 23.1 Å². The average molecular weight is 273 g/mol. The highest BCUT2D eigenvalue weighted by Crippen LogP contribution is 2.36. The summed E-state index contributed by atoms with van der Waals surface area (Å²) >= 11 is 7.46. The predicted octanol–water partition coefficient (Wildman–Crippen LogP) is 3.31. The van der Waals surface area contributed by atoms with Gasteiger partial charge >= 0.3 is 5.97 Å². The van der Waals surface area contributed by atoms with Gasteiger partial charge in [-0.25, -0.2) is 4.79 Å². The zero-order valence-electron chi connectivity index (χ0n) is 9.35. The summed E-state index contributed by atoms with van der Waals surface area (Å²) < 4.78 is 5.47. The van der Waals surface area contributed by atoms with Gasteiger partial charge in [-0.3, -0.25) is 0 Å². The van der Waals surface area contributed by atoms with Crippen LogP contribution in [0.5, 0.6) is 0 Å². The average Bonchev–Trinajstić information content (AvgIpc) is 2.64. The molecule has 0 amide bonds. The smallest absolute Gasteiger partial charge is 0.338 e. The fraction of sp³-hybridized carbons (Fsp3) is 0.417. The normalized spacial score (nSPS) is 23.9. The Morgan fingerprint density at radius 2 is 2.35 bits per heavy atom. The number of halogens is 1. The third-order valence-corrected chi connectivity index (χ3v) is 4.61. The summed E-state index contributed by atoms with van der Waals surface area (Å²) in [6.07, 6.45) is 1.10. The van der Waals surface area contributed by atoms with Gasteiger partial charge in [0.15, 0.2) is 0 Å². The second kappa shape index (κ2) is 5.29. The first kappa shape index (κ1) is 12.7. The Morgan fingerprint density at radius 3 is 2.94 bits per heavy atom. The molecular weight excluding hydrogens is 260 g/mol. The Balaban J connectivity index is 2.26. The van der Waals surface area contributed by atoms with Crippen molar-refractivity contribution in [3.8, 4) is 0 Å². The predicted molar refractivity (Wildman–Crippen MR) is 68.1 cm³/mol. The number of carboxylic acid groups (broad SMARTS) is 1. The molecule has 0 saturated carbocycles. The molecule has 1 aromatic rings. The Kier molecular flexibility index (Phi) is 3.97. The lowest BCUT2D eigenvalue weighted by atomic mass is 10.2. The minimum Gasteiger partial charge on any atom is -0.478 e. The van der Waals surface area contributed by atoms with E-state index in [1.54, 1.807) is 18.2 Å². The lowest BCUT2D eigenvalue weighted by Gasteiger charge is -2.15. The first-order valence-electron chi connectivity index (χ1n) is 5.39. The summed E-state index contributed by atoms with van der Waals surface area (Å²) in [5.74, 6) is -0.982. The van der Waals surface area contributed by atoms with Crippen molar-refractivity contribution in [2.75, 3.05) is 6.61 Å². The van der Waals surface area contributed by atoms with Gasteiger partial charge in [-0.05, 0) is 25.5 Å². The van der Waals surface area contributed by atoms with E-state index in [2.05, 4.69) is 0 Å². The highest BCUT2D eigenvalue weighted by molar-refractivity contribution is 8.00. The van der Waals surface area contributed by atoms with Crippen molar-refractivity contribution in [3.05, 3.63) is 28.8 Å². The molecule has 5 heteroatoms. The lowest BCUT2D eigenvalue weighted by Crippen LogP contribution is -2.14.